The van der Waals surface area contributed by atoms with Crippen LogP contribution in [-0.2, 0) is 25.5 Å². The summed E-state index contributed by atoms with van der Waals surface area (Å²) >= 11 is 0. The largest absolute Gasteiger partial charge is 0.493 e. The summed E-state index contributed by atoms with van der Waals surface area (Å²) in [7, 11) is 0. The predicted molar refractivity (Wildman–Crippen MR) is 130 cm³/mol. The lowest BCUT2D eigenvalue weighted by Crippen LogP contribution is -2.22. The maximum absolute atomic E-state index is 11.9. The zero-order chi connectivity index (χ0) is 25.1. The molecule has 0 saturated carbocycles. The summed E-state index contributed by atoms with van der Waals surface area (Å²) in [5.74, 6) is 0.129. The molecule has 0 aliphatic heterocycles. The maximum Gasteiger partial charge on any atom is 0.344 e. The number of nitrogens with one attached hydrogen (secondary N) is 2. The van der Waals surface area contributed by atoms with Crippen molar-refractivity contribution in [1.82, 2.24) is 0 Å². The molecule has 9 heteroatoms. The van der Waals surface area contributed by atoms with Gasteiger partial charge in [-0.25, -0.2) is 4.79 Å². The summed E-state index contributed by atoms with van der Waals surface area (Å²) in [5, 5.41) is 10.9. The first-order chi connectivity index (χ1) is 16.3. The van der Waals surface area contributed by atoms with Gasteiger partial charge in [0.1, 0.15) is 23.9 Å². The van der Waals surface area contributed by atoms with Gasteiger partial charge in [-0.3, -0.25) is 10.2 Å². The average Bonchev–Trinajstić information content (AvgIpc) is 2.81. The molecule has 0 aromatic heterocycles. The van der Waals surface area contributed by atoms with Crippen molar-refractivity contribution in [3.05, 3.63) is 53.1 Å². The van der Waals surface area contributed by atoms with Crippen molar-refractivity contribution in [3.8, 4) is 11.5 Å². The fourth-order valence-corrected chi connectivity index (χ4v) is 3.28. The summed E-state index contributed by atoms with van der Waals surface area (Å²) in [6.07, 6.45) is 0.702. The number of hydrogen-bond donors (Lipinski definition) is 3. The van der Waals surface area contributed by atoms with Crippen LogP contribution in [-0.4, -0.2) is 44.2 Å². The maximum atomic E-state index is 11.9. The first-order valence-electron chi connectivity index (χ1n) is 11.2. The Kier molecular flexibility index (Phi) is 10.2. The van der Waals surface area contributed by atoms with Crippen LogP contribution in [0.3, 0.4) is 0 Å². The fraction of sp³-hybridized carbons (Fsp3) is 0.400. The molecule has 0 aliphatic carbocycles. The van der Waals surface area contributed by atoms with Crippen LogP contribution in [0.2, 0.25) is 0 Å². The summed E-state index contributed by atoms with van der Waals surface area (Å²) in [6.45, 7) is 7.44. The summed E-state index contributed by atoms with van der Waals surface area (Å²) in [6, 6.07) is 10.2. The number of amidine groups is 1. The molecule has 0 saturated heterocycles. The van der Waals surface area contributed by atoms with Gasteiger partial charge in [0.15, 0.2) is 6.61 Å². The fourth-order valence-electron chi connectivity index (χ4n) is 3.28. The lowest BCUT2D eigenvalue weighted by molar-refractivity contribution is -0.145. The van der Waals surface area contributed by atoms with Crippen LogP contribution in [0.1, 0.15) is 50.4 Å². The molecule has 0 heterocycles. The number of aryl methyl sites for hydroxylation is 1. The Labute approximate surface area is 200 Å². The second kappa shape index (κ2) is 13.1. The van der Waals surface area contributed by atoms with Gasteiger partial charge in [0.25, 0.3) is 0 Å². The number of benzene rings is 2. The zero-order valence-corrected chi connectivity index (χ0v) is 20.1. The molecule has 2 rings (SSSR count). The van der Waals surface area contributed by atoms with Crippen molar-refractivity contribution in [1.29, 1.82) is 5.41 Å². The molecule has 0 fully saturated rings. The molecule has 0 amide bonds. The summed E-state index contributed by atoms with van der Waals surface area (Å²) in [4.78, 5) is 23.5. The Morgan fingerprint density at radius 2 is 1.71 bits per heavy atom. The lowest BCUT2D eigenvalue weighted by Gasteiger charge is -2.24. The number of carbonyl (C=O) groups is 2. The highest BCUT2D eigenvalue weighted by molar-refractivity contribution is 5.95. The molecule has 0 spiro atoms. The average molecular weight is 472 g/mol. The molecule has 4 N–H and O–H groups in total. The van der Waals surface area contributed by atoms with Crippen LogP contribution in [0.15, 0.2) is 36.4 Å². The third-order valence-corrected chi connectivity index (χ3v) is 4.89. The number of nitrogen functional groups attached to an aromatic ring is 1. The van der Waals surface area contributed by atoms with E-state index in [1.165, 1.54) is 6.92 Å². The lowest BCUT2D eigenvalue weighted by atomic mass is 10.00. The van der Waals surface area contributed by atoms with Gasteiger partial charge in [0.05, 0.1) is 19.3 Å². The molecule has 184 valence electrons. The van der Waals surface area contributed by atoms with E-state index in [4.69, 9.17) is 30.1 Å². The molecule has 0 bridgehead atoms. The van der Waals surface area contributed by atoms with E-state index in [0.717, 1.165) is 11.3 Å². The van der Waals surface area contributed by atoms with E-state index in [1.807, 2.05) is 19.9 Å². The van der Waals surface area contributed by atoms with E-state index >= 15 is 0 Å². The first kappa shape index (κ1) is 26.5. The minimum absolute atomic E-state index is 0.0245. The Bertz CT molecular complexity index is 991. The molecule has 1 unspecified atom stereocenters. The van der Waals surface area contributed by atoms with Gasteiger partial charge in [0.2, 0.25) is 0 Å². The SMILES string of the molecule is CCOC(=O)COc1cc(OCC)c(CC)cc1C(COC(C)=O)Nc1ccc(C(=N)N)cc1. The minimum Gasteiger partial charge on any atom is -0.493 e. The molecule has 34 heavy (non-hydrogen) atoms. The molecule has 0 radical (unpaired) electrons. The van der Waals surface area contributed by atoms with Gasteiger partial charge < -0.3 is 30.0 Å². The van der Waals surface area contributed by atoms with E-state index in [1.54, 1.807) is 37.3 Å². The van der Waals surface area contributed by atoms with Crippen molar-refractivity contribution in [3.63, 3.8) is 0 Å². The molecule has 1 atom stereocenters. The minimum atomic E-state index is -0.495. The van der Waals surface area contributed by atoms with Gasteiger partial charge in [-0.2, -0.15) is 0 Å². The Morgan fingerprint density at radius 1 is 1.00 bits per heavy atom. The quantitative estimate of drug-likeness (QED) is 0.229. The first-order valence-corrected chi connectivity index (χ1v) is 11.2. The smallest absolute Gasteiger partial charge is 0.344 e. The Morgan fingerprint density at radius 3 is 2.26 bits per heavy atom. The summed E-state index contributed by atoms with van der Waals surface area (Å²) in [5.41, 5.74) is 8.51. The second-order valence-electron chi connectivity index (χ2n) is 7.37. The normalized spacial score (nSPS) is 11.3. The topological polar surface area (TPSA) is 133 Å². The van der Waals surface area contributed by atoms with Crippen molar-refractivity contribution in [2.24, 2.45) is 5.73 Å². The molecule has 9 nitrogen and oxygen atoms in total. The van der Waals surface area contributed by atoms with Crippen LogP contribution < -0.4 is 20.5 Å². The van der Waals surface area contributed by atoms with Crippen molar-refractivity contribution < 1.29 is 28.5 Å². The van der Waals surface area contributed by atoms with Crippen molar-refractivity contribution in [2.75, 3.05) is 31.7 Å². The molecule has 2 aromatic carbocycles. The Balaban J connectivity index is 2.47. The monoisotopic (exact) mass is 471 g/mol. The third-order valence-electron chi connectivity index (χ3n) is 4.89. The molecular formula is C25H33N3O6. The van der Waals surface area contributed by atoms with Gasteiger partial charge in [-0.1, -0.05) is 6.92 Å². The number of anilines is 1. The van der Waals surface area contributed by atoms with E-state index < -0.39 is 18.0 Å². The number of hydrogen-bond acceptors (Lipinski definition) is 8. The highest BCUT2D eigenvalue weighted by atomic mass is 16.6. The molecule has 0 aliphatic rings. The highest BCUT2D eigenvalue weighted by Crippen LogP contribution is 2.35. The van der Waals surface area contributed by atoms with E-state index in [2.05, 4.69) is 5.32 Å². The number of rotatable bonds is 13. The Hall–Kier alpha value is -3.75. The zero-order valence-electron chi connectivity index (χ0n) is 20.1. The number of ether oxygens (including phenoxy) is 4. The van der Waals surface area contributed by atoms with E-state index in [9.17, 15) is 9.59 Å². The number of esters is 2. The van der Waals surface area contributed by atoms with E-state index in [-0.39, 0.29) is 25.7 Å². The van der Waals surface area contributed by atoms with Crippen LogP contribution in [0, 0.1) is 5.41 Å². The summed E-state index contributed by atoms with van der Waals surface area (Å²) < 4.78 is 21.9. The van der Waals surface area contributed by atoms with Crippen LogP contribution in [0.4, 0.5) is 5.69 Å². The van der Waals surface area contributed by atoms with Gasteiger partial charge >= 0.3 is 11.9 Å². The van der Waals surface area contributed by atoms with Gasteiger partial charge in [-0.05, 0) is 56.2 Å². The molecular weight excluding hydrogens is 438 g/mol. The van der Waals surface area contributed by atoms with E-state index in [0.29, 0.717) is 35.7 Å². The molecule has 2 aromatic rings. The van der Waals surface area contributed by atoms with Crippen molar-refractivity contribution in [2.45, 2.75) is 40.2 Å². The second-order valence-corrected chi connectivity index (χ2v) is 7.37. The third kappa shape index (κ3) is 7.68. The number of nitrogens with two attached hydrogens (primary N) is 1. The van der Waals surface area contributed by atoms with Gasteiger partial charge in [-0.15, -0.1) is 0 Å². The van der Waals surface area contributed by atoms with Crippen molar-refractivity contribution >= 4 is 23.5 Å². The van der Waals surface area contributed by atoms with Crippen LogP contribution in [0.25, 0.3) is 0 Å². The number of carbonyl (C=O) groups excluding carboxylic acids is 2. The van der Waals surface area contributed by atoms with Crippen LogP contribution in [0.5, 0.6) is 11.5 Å². The predicted octanol–water partition coefficient (Wildman–Crippen LogP) is 3.59. The standard InChI is InChI=1S/C25H33N3O6/c1-5-17-12-20(23(13-22(17)31-6-2)34-15-24(30)32-7-3)21(14-33-16(4)29)28-19-10-8-18(9-11-19)25(26)27/h8-13,21,28H,5-7,14-15H2,1-4H3,(H3,26,27). The highest BCUT2D eigenvalue weighted by Gasteiger charge is 2.22. The van der Waals surface area contributed by atoms with Gasteiger partial charge in [0, 0.05) is 29.8 Å². The van der Waals surface area contributed by atoms with Crippen LogP contribution >= 0.6 is 0 Å².